The second-order valence-corrected chi connectivity index (χ2v) is 6.44. The van der Waals surface area contributed by atoms with Gasteiger partial charge < -0.3 is 20.3 Å². The smallest absolute Gasteiger partial charge is 0.407 e. The molecule has 1 aliphatic carbocycles. The van der Waals surface area contributed by atoms with Gasteiger partial charge in [0, 0.05) is 12.2 Å². The SMILES string of the molecule is N#CCC1(n2nc(NC3CC3)c3c(=O)[nH]ccc32)CN(C(=O)O)C1. The van der Waals surface area contributed by atoms with Crippen LogP contribution in [0.15, 0.2) is 17.1 Å². The second-order valence-electron chi connectivity index (χ2n) is 6.44. The van der Waals surface area contributed by atoms with Gasteiger partial charge in [0.15, 0.2) is 5.82 Å². The number of rotatable bonds is 4. The largest absolute Gasteiger partial charge is 0.465 e. The highest BCUT2D eigenvalue weighted by Gasteiger charge is 2.49. The lowest BCUT2D eigenvalue weighted by molar-refractivity contribution is 0.0169. The predicted molar refractivity (Wildman–Crippen MR) is 84.8 cm³/mol. The minimum absolute atomic E-state index is 0.128. The van der Waals surface area contributed by atoms with E-state index in [0.717, 1.165) is 12.8 Å². The third kappa shape index (κ3) is 2.11. The number of nitrogens with one attached hydrogen (secondary N) is 2. The fourth-order valence-electron chi connectivity index (χ4n) is 3.23. The fraction of sp³-hybridized carbons (Fsp3) is 0.467. The average Bonchev–Trinajstić information content (AvgIpc) is 3.23. The van der Waals surface area contributed by atoms with Crippen molar-refractivity contribution in [2.45, 2.75) is 30.8 Å². The molecule has 2 aromatic heterocycles. The van der Waals surface area contributed by atoms with Crippen LogP contribution >= 0.6 is 0 Å². The molecule has 3 heterocycles. The molecule has 1 saturated heterocycles. The third-order valence-corrected chi connectivity index (χ3v) is 4.62. The number of nitriles is 1. The van der Waals surface area contributed by atoms with Crippen LogP contribution in [0.5, 0.6) is 0 Å². The van der Waals surface area contributed by atoms with Crippen LogP contribution in [0.3, 0.4) is 0 Å². The van der Waals surface area contributed by atoms with Gasteiger partial charge in [-0.25, -0.2) is 4.79 Å². The Morgan fingerprint density at radius 3 is 2.92 bits per heavy atom. The summed E-state index contributed by atoms with van der Waals surface area (Å²) in [7, 11) is 0. The lowest BCUT2D eigenvalue weighted by Crippen LogP contribution is -2.64. The molecule has 0 aromatic carbocycles. The summed E-state index contributed by atoms with van der Waals surface area (Å²) in [4.78, 5) is 27.3. The van der Waals surface area contributed by atoms with Gasteiger partial charge in [-0.1, -0.05) is 0 Å². The van der Waals surface area contributed by atoms with Gasteiger partial charge in [0.25, 0.3) is 5.56 Å². The molecule has 2 aliphatic rings. The summed E-state index contributed by atoms with van der Waals surface area (Å²) in [5, 5.41) is 26.6. The zero-order chi connectivity index (χ0) is 16.9. The van der Waals surface area contributed by atoms with Crippen LogP contribution in [-0.2, 0) is 5.54 Å². The summed E-state index contributed by atoms with van der Waals surface area (Å²) in [5.74, 6) is 0.500. The Balaban J connectivity index is 1.83. The van der Waals surface area contributed by atoms with Crippen molar-refractivity contribution >= 4 is 22.8 Å². The van der Waals surface area contributed by atoms with Gasteiger partial charge in [-0.3, -0.25) is 9.48 Å². The number of anilines is 1. The lowest BCUT2D eigenvalue weighted by Gasteiger charge is -2.47. The maximum Gasteiger partial charge on any atom is 0.407 e. The topological polar surface area (TPSA) is 127 Å². The van der Waals surface area contributed by atoms with Crippen LogP contribution < -0.4 is 10.9 Å². The normalized spacial score (nSPS) is 18.9. The summed E-state index contributed by atoms with van der Waals surface area (Å²) in [6, 6.07) is 4.18. The van der Waals surface area contributed by atoms with Crippen molar-refractivity contribution in [3.05, 3.63) is 22.6 Å². The Morgan fingerprint density at radius 2 is 2.29 bits per heavy atom. The fourth-order valence-corrected chi connectivity index (χ4v) is 3.23. The molecule has 9 nitrogen and oxygen atoms in total. The van der Waals surface area contributed by atoms with E-state index in [1.54, 1.807) is 10.7 Å². The average molecular weight is 328 g/mol. The second kappa shape index (κ2) is 4.99. The van der Waals surface area contributed by atoms with E-state index in [9.17, 15) is 14.9 Å². The van der Waals surface area contributed by atoms with Gasteiger partial charge in [0.1, 0.15) is 10.9 Å². The van der Waals surface area contributed by atoms with Gasteiger partial charge in [0.2, 0.25) is 0 Å². The number of carboxylic acid groups (broad SMARTS) is 1. The molecule has 24 heavy (non-hydrogen) atoms. The number of amides is 1. The van der Waals surface area contributed by atoms with Crippen molar-refractivity contribution in [3.63, 3.8) is 0 Å². The number of nitrogens with zero attached hydrogens (tertiary/aromatic N) is 4. The Kier molecular flexibility index (Phi) is 3.03. The van der Waals surface area contributed by atoms with Crippen LogP contribution in [0.2, 0.25) is 0 Å². The van der Waals surface area contributed by atoms with Crippen molar-refractivity contribution in [3.8, 4) is 6.07 Å². The summed E-state index contributed by atoms with van der Waals surface area (Å²) < 4.78 is 1.66. The van der Waals surface area contributed by atoms with Crippen LogP contribution in [0.25, 0.3) is 10.9 Å². The molecule has 4 rings (SSSR count). The number of fused-ring (bicyclic) bond motifs is 1. The number of likely N-dealkylation sites (tertiary alicyclic amines) is 1. The molecule has 1 aliphatic heterocycles. The summed E-state index contributed by atoms with van der Waals surface area (Å²) in [6.45, 7) is 0.366. The number of aromatic nitrogens is 3. The van der Waals surface area contributed by atoms with Crippen molar-refractivity contribution < 1.29 is 9.90 Å². The first-order chi connectivity index (χ1) is 11.5. The number of aromatic amines is 1. The van der Waals surface area contributed by atoms with Crippen molar-refractivity contribution in [1.82, 2.24) is 19.7 Å². The molecule has 0 atom stereocenters. The van der Waals surface area contributed by atoms with Crippen molar-refractivity contribution in [1.29, 1.82) is 5.26 Å². The molecule has 124 valence electrons. The lowest BCUT2D eigenvalue weighted by atomic mass is 9.87. The van der Waals surface area contributed by atoms with Crippen LogP contribution in [-0.4, -0.2) is 50.0 Å². The highest BCUT2D eigenvalue weighted by molar-refractivity contribution is 5.89. The molecule has 1 saturated carbocycles. The number of hydrogen-bond donors (Lipinski definition) is 3. The summed E-state index contributed by atoms with van der Waals surface area (Å²) in [5.41, 5.74) is -0.367. The highest BCUT2D eigenvalue weighted by Crippen LogP contribution is 2.37. The van der Waals surface area contributed by atoms with E-state index >= 15 is 0 Å². The van der Waals surface area contributed by atoms with E-state index in [1.807, 2.05) is 0 Å². The minimum Gasteiger partial charge on any atom is -0.465 e. The Labute approximate surface area is 136 Å². The minimum atomic E-state index is -1.02. The maximum atomic E-state index is 12.3. The zero-order valence-corrected chi connectivity index (χ0v) is 12.8. The number of H-pyrrole nitrogens is 1. The molecule has 3 N–H and O–H groups in total. The van der Waals surface area contributed by atoms with Gasteiger partial charge in [-0.05, 0) is 18.9 Å². The summed E-state index contributed by atoms with van der Waals surface area (Å²) in [6.07, 6.45) is 2.72. The first kappa shape index (κ1) is 14.6. The summed E-state index contributed by atoms with van der Waals surface area (Å²) >= 11 is 0. The van der Waals surface area contributed by atoms with Crippen LogP contribution in [0.4, 0.5) is 10.6 Å². The van der Waals surface area contributed by atoms with Gasteiger partial charge in [0.05, 0.1) is 31.1 Å². The maximum absolute atomic E-state index is 12.3. The molecule has 0 spiro atoms. The van der Waals surface area contributed by atoms with E-state index < -0.39 is 11.6 Å². The predicted octanol–water partition coefficient (Wildman–Crippen LogP) is 0.901. The molecular weight excluding hydrogens is 312 g/mol. The Hall–Kier alpha value is -3.02. The highest BCUT2D eigenvalue weighted by atomic mass is 16.4. The first-order valence-electron chi connectivity index (χ1n) is 7.76. The number of carbonyl (C=O) groups is 1. The monoisotopic (exact) mass is 328 g/mol. The molecule has 0 radical (unpaired) electrons. The first-order valence-corrected chi connectivity index (χ1v) is 7.76. The van der Waals surface area contributed by atoms with E-state index in [4.69, 9.17) is 5.11 Å². The molecule has 2 fully saturated rings. The van der Waals surface area contributed by atoms with E-state index in [0.29, 0.717) is 22.8 Å². The van der Waals surface area contributed by atoms with Crippen molar-refractivity contribution in [2.24, 2.45) is 0 Å². The van der Waals surface area contributed by atoms with Crippen LogP contribution in [0, 0.1) is 11.3 Å². The third-order valence-electron chi connectivity index (χ3n) is 4.62. The molecular formula is C15H16N6O3. The Bertz CT molecular complexity index is 913. The van der Waals surface area contributed by atoms with Gasteiger partial charge in [-0.15, -0.1) is 0 Å². The molecule has 0 unspecified atom stereocenters. The Morgan fingerprint density at radius 1 is 1.54 bits per heavy atom. The van der Waals surface area contributed by atoms with Gasteiger partial charge >= 0.3 is 6.09 Å². The van der Waals surface area contributed by atoms with E-state index in [2.05, 4.69) is 21.5 Å². The number of pyridine rings is 1. The molecule has 1 amide bonds. The molecule has 2 aromatic rings. The quantitative estimate of drug-likeness (QED) is 0.765. The zero-order valence-electron chi connectivity index (χ0n) is 12.8. The van der Waals surface area contributed by atoms with E-state index in [-0.39, 0.29) is 25.1 Å². The van der Waals surface area contributed by atoms with Gasteiger partial charge in [-0.2, -0.15) is 10.4 Å². The molecule has 9 heteroatoms. The standard InChI is InChI=1S/C15H16N6O3/c16-5-4-15(7-20(8-15)14(23)24)21-10-3-6-17-13(22)11(10)12(19-21)18-9-1-2-9/h3,6,9H,1-2,4,7-8H2,(H,17,22)(H,18,19)(H,23,24). The van der Waals surface area contributed by atoms with E-state index in [1.165, 1.54) is 11.1 Å². The number of hydrogen-bond acceptors (Lipinski definition) is 5. The molecule has 0 bridgehead atoms. The van der Waals surface area contributed by atoms with Crippen LogP contribution in [0.1, 0.15) is 19.3 Å². The van der Waals surface area contributed by atoms with Crippen molar-refractivity contribution in [2.75, 3.05) is 18.4 Å².